The molecule has 2 heterocycles. The zero-order valence-electron chi connectivity index (χ0n) is 19.2. The van der Waals surface area contributed by atoms with Crippen LogP contribution in [-0.2, 0) is 6.54 Å². The molecule has 1 aromatic heterocycles. The summed E-state index contributed by atoms with van der Waals surface area (Å²) in [5.41, 5.74) is 3.05. The van der Waals surface area contributed by atoms with Crippen LogP contribution in [0.15, 0.2) is 84.9 Å². The van der Waals surface area contributed by atoms with E-state index in [1.807, 2.05) is 28.9 Å². The first-order chi connectivity index (χ1) is 16.8. The third-order valence-corrected chi connectivity index (χ3v) is 6.49. The lowest BCUT2D eigenvalue weighted by Gasteiger charge is -2.36. The minimum absolute atomic E-state index is 0.0123. The number of halogens is 1. The molecule has 4 aromatic rings. The molecule has 7 heteroatoms. The molecule has 0 unspecified atom stereocenters. The van der Waals surface area contributed by atoms with Gasteiger partial charge in [0.25, 0.3) is 0 Å². The van der Waals surface area contributed by atoms with Crippen LogP contribution in [0.2, 0.25) is 0 Å². The van der Waals surface area contributed by atoms with Gasteiger partial charge in [-0.3, -0.25) is 4.90 Å². The first-order valence-corrected chi connectivity index (χ1v) is 11.9. The molecule has 0 bridgehead atoms. The predicted molar refractivity (Wildman–Crippen MR) is 131 cm³/mol. The van der Waals surface area contributed by atoms with Crippen LogP contribution in [0.1, 0.15) is 29.3 Å². The molecule has 34 heavy (non-hydrogen) atoms. The summed E-state index contributed by atoms with van der Waals surface area (Å²) in [6, 6.07) is 27.8. The van der Waals surface area contributed by atoms with Gasteiger partial charge in [0.05, 0.1) is 11.6 Å². The van der Waals surface area contributed by atoms with E-state index in [0.29, 0.717) is 5.69 Å². The van der Waals surface area contributed by atoms with Gasteiger partial charge in [0.15, 0.2) is 5.82 Å². The Morgan fingerprint density at radius 1 is 0.735 bits per heavy atom. The smallest absolute Gasteiger partial charge is 0.163 e. The van der Waals surface area contributed by atoms with Gasteiger partial charge in [-0.25, -0.2) is 9.07 Å². The molecule has 1 fully saturated rings. The summed E-state index contributed by atoms with van der Waals surface area (Å²) in [4.78, 5) is 4.57. The SMILES string of the molecule is Fc1ccccc1N1CCN(CCCn2nnnc2C(c2ccccc2)c2ccccc2)CC1. The van der Waals surface area contributed by atoms with Crippen LogP contribution in [0, 0.1) is 5.82 Å². The number of rotatable bonds is 8. The molecule has 1 aliphatic rings. The molecule has 0 aliphatic carbocycles. The largest absolute Gasteiger partial charge is 0.367 e. The average Bonchev–Trinajstić information content (AvgIpc) is 3.34. The van der Waals surface area contributed by atoms with Crippen molar-refractivity contribution in [2.45, 2.75) is 18.9 Å². The van der Waals surface area contributed by atoms with E-state index >= 15 is 0 Å². The number of hydrogen-bond donors (Lipinski definition) is 0. The lowest BCUT2D eigenvalue weighted by Crippen LogP contribution is -2.47. The summed E-state index contributed by atoms with van der Waals surface area (Å²) in [7, 11) is 0. The van der Waals surface area contributed by atoms with Crippen LogP contribution >= 0.6 is 0 Å². The predicted octanol–water partition coefficient (Wildman–Crippen LogP) is 4.20. The van der Waals surface area contributed by atoms with Gasteiger partial charge >= 0.3 is 0 Å². The zero-order chi connectivity index (χ0) is 23.2. The molecule has 3 aromatic carbocycles. The maximum atomic E-state index is 14.1. The van der Waals surface area contributed by atoms with Crippen molar-refractivity contribution in [1.29, 1.82) is 0 Å². The number of nitrogens with zero attached hydrogens (tertiary/aromatic N) is 6. The van der Waals surface area contributed by atoms with Crippen molar-refractivity contribution in [2.75, 3.05) is 37.6 Å². The van der Waals surface area contributed by atoms with Crippen LogP contribution < -0.4 is 4.90 Å². The molecular weight excluding hydrogens is 427 g/mol. The third-order valence-electron chi connectivity index (χ3n) is 6.49. The molecule has 1 saturated heterocycles. The number of hydrogen-bond acceptors (Lipinski definition) is 5. The second-order valence-electron chi connectivity index (χ2n) is 8.65. The summed E-state index contributed by atoms with van der Waals surface area (Å²) >= 11 is 0. The maximum absolute atomic E-state index is 14.1. The number of tetrazole rings is 1. The molecule has 0 radical (unpaired) electrons. The topological polar surface area (TPSA) is 50.1 Å². The quantitative estimate of drug-likeness (QED) is 0.398. The van der Waals surface area contributed by atoms with Crippen molar-refractivity contribution < 1.29 is 4.39 Å². The Hall–Kier alpha value is -3.58. The van der Waals surface area contributed by atoms with E-state index in [9.17, 15) is 4.39 Å². The van der Waals surface area contributed by atoms with Gasteiger partial charge in [0, 0.05) is 39.3 Å². The van der Waals surface area contributed by atoms with Gasteiger partial charge < -0.3 is 4.90 Å². The van der Waals surface area contributed by atoms with Gasteiger partial charge in [-0.1, -0.05) is 72.8 Å². The molecule has 0 amide bonds. The monoisotopic (exact) mass is 456 g/mol. The van der Waals surface area contributed by atoms with Gasteiger partial charge in [-0.15, -0.1) is 5.10 Å². The van der Waals surface area contributed by atoms with Crippen LogP contribution in [-0.4, -0.2) is 57.8 Å². The van der Waals surface area contributed by atoms with E-state index in [0.717, 1.165) is 51.5 Å². The normalized spacial score (nSPS) is 14.6. The number of anilines is 1. The Morgan fingerprint density at radius 2 is 1.35 bits per heavy atom. The molecular formula is C27H29FN6. The minimum Gasteiger partial charge on any atom is -0.367 e. The Labute approximate surface area is 199 Å². The lowest BCUT2D eigenvalue weighted by atomic mass is 9.90. The van der Waals surface area contributed by atoms with Crippen molar-refractivity contribution in [2.24, 2.45) is 0 Å². The molecule has 0 spiro atoms. The van der Waals surface area contributed by atoms with E-state index in [4.69, 9.17) is 0 Å². The van der Waals surface area contributed by atoms with Crippen molar-refractivity contribution in [3.63, 3.8) is 0 Å². The van der Waals surface area contributed by atoms with Gasteiger partial charge in [0.1, 0.15) is 5.82 Å². The second-order valence-corrected chi connectivity index (χ2v) is 8.65. The van der Waals surface area contributed by atoms with Crippen LogP contribution in [0.4, 0.5) is 10.1 Å². The molecule has 0 saturated carbocycles. The van der Waals surface area contributed by atoms with Crippen LogP contribution in [0.25, 0.3) is 0 Å². The fraction of sp³-hybridized carbons (Fsp3) is 0.296. The second kappa shape index (κ2) is 10.6. The highest BCUT2D eigenvalue weighted by molar-refractivity contribution is 5.48. The first kappa shape index (κ1) is 22.2. The summed E-state index contributed by atoms with van der Waals surface area (Å²) < 4.78 is 16.0. The Morgan fingerprint density at radius 3 is 2.00 bits per heavy atom. The number of para-hydroxylation sites is 1. The van der Waals surface area contributed by atoms with Gasteiger partial charge in [0.2, 0.25) is 0 Å². The van der Waals surface area contributed by atoms with E-state index in [2.05, 4.69) is 73.9 Å². The number of piperazine rings is 1. The maximum Gasteiger partial charge on any atom is 0.163 e. The average molecular weight is 457 g/mol. The van der Waals surface area contributed by atoms with E-state index in [1.165, 1.54) is 17.2 Å². The lowest BCUT2D eigenvalue weighted by molar-refractivity contribution is 0.247. The third kappa shape index (κ3) is 4.99. The van der Waals surface area contributed by atoms with Crippen LogP contribution in [0.5, 0.6) is 0 Å². The Balaban J connectivity index is 1.22. The minimum atomic E-state index is -0.145. The Bertz CT molecular complexity index is 1130. The summed E-state index contributed by atoms with van der Waals surface area (Å²) in [6.45, 7) is 5.24. The van der Waals surface area contributed by atoms with Crippen LogP contribution in [0.3, 0.4) is 0 Å². The van der Waals surface area contributed by atoms with E-state index in [-0.39, 0.29) is 11.7 Å². The highest BCUT2D eigenvalue weighted by Gasteiger charge is 2.23. The number of benzene rings is 3. The fourth-order valence-electron chi connectivity index (χ4n) is 4.72. The van der Waals surface area contributed by atoms with Gasteiger partial charge in [-0.2, -0.15) is 0 Å². The molecule has 0 atom stereocenters. The molecule has 0 N–H and O–H groups in total. The number of aromatic nitrogens is 4. The summed E-state index contributed by atoms with van der Waals surface area (Å²) in [5, 5.41) is 12.8. The van der Waals surface area contributed by atoms with Crippen molar-refractivity contribution in [1.82, 2.24) is 25.1 Å². The van der Waals surface area contributed by atoms with E-state index < -0.39 is 0 Å². The first-order valence-electron chi connectivity index (χ1n) is 11.9. The standard InChI is InChI=1S/C27H29FN6/c28-24-14-7-8-15-25(24)33-20-18-32(19-21-33)16-9-17-34-27(29-30-31-34)26(22-10-3-1-4-11-22)23-12-5-2-6-13-23/h1-8,10-15,26H,9,16-21H2. The molecule has 174 valence electrons. The highest BCUT2D eigenvalue weighted by atomic mass is 19.1. The van der Waals surface area contributed by atoms with Gasteiger partial charge in [-0.05, 0) is 40.1 Å². The molecule has 6 nitrogen and oxygen atoms in total. The van der Waals surface area contributed by atoms with Crippen molar-refractivity contribution in [3.05, 3.63) is 108 Å². The Kier molecular flexibility index (Phi) is 6.91. The van der Waals surface area contributed by atoms with Crippen molar-refractivity contribution in [3.8, 4) is 0 Å². The molecule has 5 rings (SSSR count). The van der Waals surface area contributed by atoms with Crippen molar-refractivity contribution >= 4 is 5.69 Å². The zero-order valence-corrected chi connectivity index (χ0v) is 19.2. The highest BCUT2D eigenvalue weighted by Crippen LogP contribution is 2.30. The number of aryl methyl sites for hydroxylation is 1. The fourth-order valence-corrected chi connectivity index (χ4v) is 4.72. The van der Waals surface area contributed by atoms with E-state index in [1.54, 1.807) is 6.07 Å². The summed E-state index contributed by atoms with van der Waals surface area (Å²) in [5.74, 6) is 0.706. The summed E-state index contributed by atoms with van der Waals surface area (Å²) in [6.07, 6.45) is 0.952. The molecule has 1 aliphatic heterocycles.